The number of nitrogens with zero attached hydrogens (tertiary/aromatic N) is 2. The Morgan fingerprint density at radius 3 is 2.71 bits per heavy atom. The molecule has 0 bridgehead atoms. The number of hydrogen-bond donors (Lipinski definition) is 0. The Kier molecular flexibility index (Phi) is 3.56. The van der Waals surface area contributed by atoms with E-state index >= 15 is 0 Å². The number of carbonyl (C=O) groups excluding carboxylic acids is 1. The van der Waals surface area contributed by atoms with Gasteiger partial charge in [0.2, 0.25) is 0 Å². The highest BCUT2D eigenvalue weighted by Gasteiger charge is 2.17. The van der Waals surface area contributed by atoms with Gasteiger partial charge in [0.15, 0.2) is 6.29 Å². The van der Waals surface area contributed by atoms with E-state index < -0.39 is 0 Å². The molecule has 0 aliphatic carbocycles. The molecule has 0 N–H and O–H groups in total. The Bertz CT molecular complexity index is 595. The standard InChI is InChI=1S/C11H7BrCl2N2O/c1-16-11(14)8(5-17)10(15-16)7-3-2-6(12)4-9(7)13/h2-5H,1H3. The molecule has 0 spiro atoms. The van der Waals surface area contributed by atoms with Crippen LogP contribution in [0.3, 0.4) is 0 Å². The van der Waals surface area contributed by atoms with E-state index in [0.717, 1.165) is 4.47 Å². The van der Waals surface area contributed by atoms with Gasteiger partial charge < -0.3 is 0 Å². The van der Waals surface area contributed by atoms with Gasteiger partial charge in [0.1, 0.15) is 10.8 Å². The average molecular weight is 334 g/mol. The zero-order valence-electron chi connectivity index (χ0n) is 8.75. The molecule has 0 saturated carbocycles. The summed E-state index contributed by atoms with van der Waals surface area (Å²) >= 11 is 15.4. The molecule has 0 saturated heterocycles. The van der Waals surface area contributed by atoms with Crippen LogP contribution in [0.5, 0.6) is 0 Å². The highest BCUT2D eigenvalue weighted by atomic mass is 79.9. The van der Waals surface area contributed by atoms with Crippen LogP contribution in [0.15, 0.2) is 22.7 Å². The number of aryl methyl sites for hydroxylation is 1. The number of hydrogen-bond acceptors (Lipinski definition) is 2. The summed E-state index contributed by atoms with van der Waals surface area (Å²) < 4.78 is 2.31. The van der Waals surface area contributed by atoms with E-state index in [0.29, 0.717) is 33.3 Å². The van der Waals surface area contributed by atoms with Crippen LogP contribution in [0.25, 0.3) is 11.3 Å². The SMILES string of the molecule is Cn1nc(-c2ccc(Br)cc2Cl)c(C=O)c1Cl. The smallest absolute Gasteiger partial charge is 0.155 e. The molecule has 0 aliphatic rings. The lowest BCUT2D eigenvalue weighted by Crippen LogP contribution is -1.90. The highest BCUT2D eigenvalue weighted by molar-refractivity contribution is 9.10. The molecule has 0 amide bonds. The van der Waals surface area contributed by atoms with Crippen molar-refractivity contribution in [3.8, 4) is 11.3 Å². The van der Waals surface area contributed by atoms with Crippen LogP contribution in [0.4, 0.5) is 0 Å². The quantitative estimate of drug-likeness (QED) is 0.779. The van der Waals surface area contributed by atoms with Gasteiger partial charge in [-0.2, -0.15) is 5.10 Å². The van der Waals surface area contributed by atoms with Crippen molar-refractivity contribution >= 4 is 45.4 Å². The number of benzene rings is 1. The predicted molar refractivity (Wildman–Crippen MR) is 71.8 cm³/mol. The molecule has 1 aromatic heterocycles. The van der Waals surface area contributed by atoms with Gasteiger partial charge in [-0.3, -0.25) is 9.48 Å². The molecular formula is C11H7BrCl2N2O. The van der Waals surface area contributed by atoms with Crippen LogP contribution < -0.4 is 0 Å². The van der Waals surface area contributed by atoms with Crippen molar-refractivity contribution in [1.29, 1.82) is 0 Å². The lowest BCUT2D eigenvalue weighted by molar-refractivity contribution is 0.112. The van der Waals surface area contributed by atoms with Crippen molar-refractivity contribution in [2.75, 3.05) is 0 Å². The van der Waals surface area contributed by atoms with E-state index in [-0.39, 0.29) is 0 Å². The maximum absolute atomic E-state index is 11.0. The van der Waals surface area contributed by atoms with Gasteiger partial charge in [-0.1, -0.05) is 45.2 Å². The lowest BCUT2D eigenvalue weighted by atomic mass is 10.1. The Morgan fingerprint density at radius 1 is 1.41 bits per heavy atom. The molecule has 3 nitrogen and oxygen atoms in total. The highest BCUT2D eigenvalue weighted by Crippen LogP contribution is 2.33. The summed E-state index contributed by atoms with van der Waals surface area (Å²) in [5.41, 5.74) is 1.52. The molecule has 2 aromatic rings. The first-order valence-corrected chi connectivity index (χ1v) is 6.22. The van der Waals surface area contributed by atoms with E-state index in [2.05, 4.69) is 21.0 Å². The molecule has 6 heteroatoms. The van der Waals surface area contributed by atoms with E-state index in [1.807, 2.05) is 6.07 Å². The van der Waals surface area contributed by atoms with Crippen LogP contribution in [-0.4, -0.2) is 16.1 Å². The first-order chi connectivity index (χ1) is 8.04. The molecule has 0 fully saturated rings. The zero-order valence-corrected chi connectivity index (χ0v) is 11.8. The first kappa shape index (κ1) is 12.6. The average Bonchev–Trinajstić information content (AvgIpc) is 2.55. The number of aldehydes is 1. The molecule has 1 aromatic carbocycles. The molecule has 0 atom stereocenters. The molecule has 1 heterocycles. The summed E-state index contributed by atoms with van der Waals surface area (Å²) in [6.07, 6.45) is 0.684. The minimum absolute atomic E-state index is 0.300. The van der Waals surface area contributed by atoms with Crippen LogP contribution in [0.2, 0.25) is 10.2 Å². The van der Waals surface area contributed by atoms with E-state index in [9.17, 15) is 4.79 Å². The molecule has 2 rings (SSSR count). The Hall–Kier alpha value is -0.840. The van der Waals surface area contributed by atoms with Gasteiger partial charge in [-0.05, 0) is 12.1 Å². The predicted octanol–water partition coefficient (Wildman–Crippen LogP) is 3.97. The van der Waals surface area contributed by atoms with Crippen molar-refractivity contribution < 1.29 is 4.79 Å². The van der Waals surface area contributed by atoms with Crippen LogP contribution in [0.1, 0.15) is 10.4 Å². The largest absolute Gasteiger partial charge is 0.298 e. The van der Waals surface area contributed by atoms with Crippen molar-refractivity contribution in [3.63, 3.8) is 0 Å². The summed E-state index contributed by atoms with van der Waals surface area (Å²) in [4.78, 5) is 11.0. The second-order valence-corrected chi connectivity index (χ2v) is 5.10. The minimum atomic E-state index is 0.300. The maximum Gasteiger partial charge on any atom is 0.155 e. The molecule has 0 radical (unpaired) electrons. The Balaban J connectivity index is 2.68. The van der Waals surface area contributed by atoms with E-state index in [4.69, 9.17) is 23.2 Å². The number of aromatic nitrogens is 2. The van der Waals surface area contributed by atoms with Gasteiger partial charge >= 0.3 is 0 Å². The summed E-state index contributed by atoms with van der Waals surface area (Å²) in [6, 6.07) is 5.37. The van der Waals surface area contributed by atoms with Gasteiger partial charge in [-0.15, -0.1) is 0 Å². The van der Waals surface area contributed by atoms with E-state index in [1.54, 1.807) is 19.2 Å². The van der Waals surface area contributed by atoms with Crippen LogP contribution in [-0.2, 0) is 7.05 Å². The van der Waals surface area contributed by atoms with Crippen molar-refractivity contribution in [2.45, 2.75) is 0 Å². The topological polar surface area (TPSA) is 34.9 Å². The summed E-state index contributed by atoms with van der Waals surface area (Å²) in [5.74, 6) is 0. The Morgan fingerprint density at radius 2 is 2.12 bits per heavy atom. The third-order valence-corrected chi connectivity index (χ3v) is 3.57. The van der Waals surface area contributed by atoms with Crippen LogP contribution in [0, 0.1) is 0 Å². The van der Waals surface area contributed by atoms with Gasteiger partial charge in [0, 0.05) is 17.1 Å². The van der Waals surface area contributed by atoms with Crippen LogP contribution >= 0.6 is 39.1 Å². The van der Waals surface area contributed by atoms with Gasteiger partial charge in [0.25, 0.3) is 0 Å². The fraction of sp³-hybridized carbons (Fsp3) is 0.0909. The van der Waals surface area contributed by atoms with Crippen molar-refractivity contribution in [1.82, 2.24) is 9.78 Å². The number of carbonyl (C=O) groups is 1. The second-order valence-electron chi connectivity index (χ2n) is 3.42. The molecule has 0 unspecified atom stereocenters. The molecular weight excluding hydrogens is 327 g/mol. The molecule has 17 heavy (non-hydrogen) atoms. The maximum atomic E-state index is 11.0. The molecule has 88 valence electrons. The van der Waals surface area contributed by atoms with Crippen molar-refractivity contribution in [3.05, 3.63) is 38.4 Å². The molecule has 0 aliphatic heterocycles. The van der Waals surface area contributed by atoms with Gasteiger partial charge in [0.05, 0.1) is 10.6 Å². The summed E-state index contributed by atoms with van der Waals surface area (Å²) in [6.45, 7) is 0. The monoisotopic (exact) mass is 332 g/mol. The van der Waals surface area contributed by atoms with E-state index in [1.165, 1.54) is 4.68 Å². The minimum Gasteiger partial charge on any atom is -0.298 e. The third-order valence-electron chi connectivity index (χ3n) is 2.32. The first-order valence-electron chi connectivity index (χ1n) is 4.67. The summed E-state index contributed by atoms with van der Waals surface area (Å²) in [7, 11) is 1.67. The van der Waals surface area contributed by atoms with Crippen molar-refractivity contribution in [2.24, 2.45) is 7.05 Å². The fourth-order valence-electron chi connectivity index (χ4n) is 1.50. The summed E-state index contributed by atoms with van der Waals surface area (Å²) in [5, 5.41) is 5.01. The number of rotatable bonds is 2. The normalized spacial score (nSPS) is 10.6. The third kappa shape index (κ3) is 2.25. The second kappa shape index (κ2) is 4.80. The Labute approximate surface area is 116 Å². The lowest BCUT2D eigenvalue weighted by Gasteiger charge is -2.02. The number of halogens is 3. The van der Waals surface area contributed by atoms with Gasteiger partial charge in [-0.25, -0.2) is 0 Å². The zero-order chi connectivity index (χ0) is 12.6. The fourth-order valence-corrected chi connectivity index (χ4v) is 2.44.